The topological polar surface area (TPSA) is 65.5 Å². The van der Waals surface area contributed by atoms with Crippen molar-refractivity contribution in [2.24, 2.45) is 5.92 Å². The molecule has 1 heterocycles. The van der Waals surface area contributed by atoms with Crippen LogP contribution in [0.5, 0.6) is 0 Å². The molecular weight excluding hydrogens is 254 g/mol. The van der Waals surface area contributed by atoms with Gasteiger partial charge in [0.1, 0.15) is 0 Å². The maximum Gasteiger partial charge on any atom is 0.238 e. The van der Waals surface area contributed by atoms with Crippen molar-refractivity contribution in [2.45, 2.75) is 31.7 Å². The molecule has 0 aromatic carbocycles. The van der Waals surface area contributed by atoms with Gasteiger partial charge in [-0.15, -0.1) is 0 Å². The number of nitrogens with zero attached hydrogens (tertiary/aromatic N) is 2. The van der Waals surface area contributed by atoms with Crippen molar-refractivity contribution < 1.29 is 9.90 Å². The highest BCUT2D eigenvalue weighted by Crippen LogP contribution is 2.26. The van der Waals surface area contributed by atoms with E-state index in [-0.39, 0.29) is 5.91 Å². The molecule has 1 fully saturated rings. The number of rotatable bonds is 5. The molecular formula is C15H23N3O2. The number of carbonyl (C=O) groups is 1. The number of anilines is 1. The van der Waals surface area contributed by atoms with E-state index >= 15 is 0 Å². The second kappa shape index (κ2) is 7.36. The largest absolute Gasteiger partial charge is 0.396 e. The van der Waals surface area contributed by atoms with Gasteiger partial charge in [0.05, 0.1) is 6.54 Å². The Bertz CT molecular complexity index is 416. The Balaban J connectivity index is 1.77. The molecule has 1 aromatic heterocycles. The van der Waals surface area contributed by atoms with Gasteiger partial charge in [0.15, 0.2) is 0 Å². The molecule has 1 aliphatic rings. The Morgan fingerprint density at radius 2 is 2.00 bits per heavy atom. The summed E-state index contributed by atoms with van der Waals surface area (Å²) in [5, 5.41) is 12.0. The van der Waals surface area contributed by atoms with E-state index in [0.717, 1.165) is 31.4 Å². The lowest BCUT2D eigenvalue weighted by atomic mass is 9.86. The average molecular weight is 277 g/mol. The van der Waals surface area contributed by atoms with Crippen molar-refractivity contribution in [3.8, 4) is 0 Å². The first-order valence-electron chi connectivity index (χ1n) is 7.20. The zero-order valence-electron chi connectivity index (χ0n) is 12.0. The molecule has 0 aliphatic heterocycles. The van der Waals surface area contributed by atoms with Crippen LogP contribution in [-0.4, -0.2) is 47.1 Å². The Kier molecular flexibility index (Phi) is 5.49. The third kappa shape index (κ3) is 4.28. The normalized spacial score (nSPS) is 22.8. The lowest BCUT2D eigenvalue weighted by Crippen LogP contribution is -2.40. The Hall–Kier alpha value is -1.46. The van der Waals surface area contributed by atoms with Gasteiger partial charge in [-0.3, -0.25) is 14.7 Å². The van der Waals surface area contributed by atoms with Crippen LogP contribution in [0, 0.1) is 5.92 Å². The highest BCUT2D eigenvalue weighted by molar-refractivity contribution is 5.92. The maximum atomic E-state index is 12.0. The van der Waals surface area contributed by atoms with Crippen molar-refractivity contribution in [3.63, 3.8) is 0 Å². The number of amides is 1. The quantitative estimate of drug-likeness (QED) is 0.856. The molecule has 1 aliphatic carbocycles. The van der Waals surface area contributed by atoms with E-state index in [9.17, 15) is 4.79 Å². The summed E-state index contributed by atoms with van der Waals surface area (Å²) in [7, 11) is 2.00. The number of pyridine rings is 1. The van der Waals surface area contributed by atoms with Gasteiger partial charge in [0, 0.05) is 30.7 Å². The molecule has 2 rings (SSSR count). The minimum Gasteiger partial charge on any atom is -0.396 e. The summed E-state index contributed by atoms with van der Waals surface area (Å²) < 4.78 is 0. The second-order valence-electron chi connectivity index (χ2n) is 5.56. The maximum absolute atomic E-state index is 12.0. The van der Waals surface area contributed by atoms with Crippen molar-refractivity contribution in [3.05, 3.63) is 24.5 Å². The first kappa shape index (κ1) is 14.9. The van der Waals surface area contributed by atoms with Gasteiger partial charge >= 0.3 is 0 Å². The van der Waals surface area contributed by atoms with Gasteiger partial charge in [-0.2, -0.15) is 0 Å². The van der Waals surface area contributed by atoms with Crippen LogP contribution in [0.4, 0.5) is 5.69 Å². The zero-order valence-corrected chi connectivity index (χ0v) is 12.0. The van der Waals surface area contributed by atoms with E-state index in [4.69, 9.17) is 5.11 Å². The average Bonchev–Trinajstić information content (AvgIpc) is 2.48. The summed E-state index contributed by atoms with van der Waals surface area (Å²) in [5.41, 5.74) is 0.780. The summed E-state index contributed by atoms with van der Waals surface area (Å²) in [4.78, 5) is 18.0. The Labute approximate surface area is 120 Å². The minimum absolute atomic E-state index is 0.00276. The van der Waals surface area contributed by atoms with Crippen LogP contribution >= 0.6 is 0 Å². The van der Waals surface area contributed by atoms with Gasteiger partial charge < -0.3 is 10.4 Å². The molecule has 0 bridgehead atoms. The fourth-order valence-corrected chi connectivity index (χ4v) is 2.76. The van der Waals surface area contributed by atoms with Crippen molar-refractivity contribution >= 4 is 11.6 Å². The van der Waals surface area contributed by atoms with Gasteiger partial charge in [0.25, 0.3) is 0 Å². The fraction of sp³-hybridized carbons (Fsp3) is 0.600. The molecule has 1 saturated carbocycles. The number of hydrogen-bond acceptors (Lipinski definition) is 4. The van der Waals surface area contributed by atoms with Gasteiger partial charge in [-0.1, -0.05) is 0 Å². The van der Waals surface area contributed by atoms with E-state index < -0.39 is 0 Å². The smallest absolute Gasteiger partial charge is 0.238 e. The Morgan fingerprint density at radius 1 is 1.35 bits per heavy atom. The zero-order chi connectivity index (χ0) is 14.4. The molecule has 2 N–H and O–H groups in total. The standard InChI is InChI=1S/C15H23N3O2/c1-18(14-4-2-12(11-19)3-5-14)10-15(20)17-13-6-8-16-9-7-13/h6-9,12,14,19H,2-5,10-11H2,1H3,(H,16,17,20). The SMILES string of the molecule is CN(CC(=O)Nc1ccncc1)C1CCC(CO)CC1. The highest BCUT2D eigenvalue weighted by atomic mass is 16.3. The Morgan fingerprint density at radius 3 is 2.60 bits per heavy atom. The first-order chi connectivity index (χ1) is 9.69. The number of aliphatic hydroxyl groups is 1. The van der Waals surface area contributed by atoms with Crippen LogP contribution in [0.3, 0.4) is 0 Å². The summed E-state index contributed by atoms with van der Waals surface area (Å²) in [6, 6.07) is 4.01. The first-order valence-corrected chi connectivity index (χ1v) is 7.20. The molecule has 1 aromatic rings. The summed E-state index contributed by atoms with van der Waals surface area (Å²) in [5.74, 6) is 0.452. The summed E-state index contributed by atoms with van der Waals surface area (Å²) in [6.07, 6.45) is 7.55. The predicted octanol–water partition coefficient (Wildman–Crippen LogP) is 1.50. The number of aliphatic hydroxyl groups excluding tert-OH is 1. The monoisotopic (exact) mass is 277 g/mol. The highest BCUT2D eigenvalue weighted by Gasteiger charge is 2.24. The lowest BCUT2D eigenvalue weighted by molar-refractivity contribution is -0.117. The molecule has 0 radical (unpaired) electrons. The molecule has 0 unspecified atom stereocenters. The molecule has 0 saturated heterocycles. The van der Waals surface area contributed by atoms with Crippen LogP contribution in [0.15, 0.2) is 24.5 Å². The predicted molar refractivity (Wildman–Crippen MR) is 78.3 cm³/mol. The van der Waals surface area contributed by atoms with Crippen LogP contribution < -0.4 is 5.32 Å². The van der Waals surface area contributed by atoms with Gasteiger partial charge in [-0.25, -0.2) is 0 Å². The number of likely N-dealkylation sites (N-methyl/N-ethyl adjacent to an activating group) is 1. The number of hydrogen-bond donors (Lipinski definition) is 2. The molecule has 20 heavy (non-hydrogen) atoms. The lowest BCUT2D eigenvalue weighted by Gasteiger charge is -2.33. The number of nitrogens with one attached hydrogen (secondary N) is 1. The third-order valence-electron chi connectivity index (χ3n) is 4.05. The fourth-order valence-electron chi connectivity index (χ4n) is 2.76. The summed E-state index contributed by atoms with van der Waals surface area (Å²) in [6.45, 7) is 0.690. The van der Waals surface area contributed by atoms with E-state index in [1.165, 1.54) is 0 Å². The van der Waals surface area contributed by atoms with E-state index in [0.29, 0.717) is 25.1 Å². The number of aromatic nitrogens is 1. The van der Waals surface area contributed by atoms with Crippen LogP contribution in [0.1, 0.15) is 25.7 Å². The molecule has 5 nitrogen and oxygen atoms in total. The van der Waals surface area contributed by atoms with E-state index in [2.05, 4.69) is 15.2 Å². The third-order valence-corrected chi connectivity index (χ3v) is 4.05. The molecule has 0 atom stereocenters. The molecule has 5 heteroatoms. The van der Waals surface area contributed by atoms with E-state index in [1.807, 2.05) is 7.05 Å². The molecule has 1 amide bonds. The van der Waals surface area contributed by atoms with Gasteiger partial charge in [-0.05, 0) is 50.8 Å². The minimum atomic E-state index is 0.00276. The molecule has 0 spiro atoms. The van der Waals surface area contributed by atoms with Crippen molar-refractivity contribution in [1.82, 2.24) is 9.88 Å². The number of carbonyl (C=O) groups excluding carboxylic acids is 1. The van der Waals surface area contributed by atoms with Gasteiger partial charge in [0.2, 0.25) is 5.91 Å². The van der Waals surface area contributed by atoms with Crippen LogP contribution in [-0.2, 0) is 4.79 Å². The van der Waals surface area contributed by atoms with E-state index in [1.54, 1.807) is 24.5 Å². The van der Waals surface area contributed by atoms with Crippen LogP contribution in [0.25, 0.3) is 0 Å². The second-order valence-corrected chi connectivity index (χ2v) is 5.56. The summed E-state index contributed by atoms with van der Waals surface area (Å²) >= 11 is 0. The van der Waals surface area contributed by atoms with Crippen molar-refractivity contribution in [1.29, 1.82) is 0 Å². The molecule has 110 valence electrons. The van der Waals surface area contributed by atoms with Crippen molar-refractivity contribution in [2.75, 3.05) is 25.5 Å². The van der Waals surface area contributed by atoms with Crippen LogP contribution in [0.2, 0.25) is 0 Å².